The van der Waals surface area contributed by atoms with Crippen LogP contribution in [0.2, 0.25) is 0 Å². The highest BCUT2D eigenvalue weighted by Crippen LogP contribution is 2.26. The Morgan fingerprint density at radius 2 is 1.49 bits per heavy atom. The zero-order chi connectivity index (χ0) is 26.8. The fraction of sp³-hybridized carbons (Fsp3) is 0.286. The summed E-state index contributed by atoms with van der Waals surface area (Å²) in [6.07, 6.45) is 0.373. The average Bonchev–Trinajstić information content (AvgIpc) is 2.92. The van der Waals surface area contributed by atoms with Crippen LogP contribution in [-0.2, 0) is 26.2 Å². The van der Waals surface area contributed by atoms with Gasteiger partial charge in [0, 0.05) is 13.1 Å². The van der Waals surface area contributed by atoms with E-state index in [4.69, 9.17) is 4.74 Å². The van der Waals surface area contributed by atoms with Gasteiger partial charge in [-0.15, -0.1) is 0 Å². The minimum Gasteiger partial charge on any atom is -0.497 e. The fourth-order valence-corrected chi connectivity index (χ4v) is 5.42. The summed E-state index contributed by atoms with van der Waals surface area (Å²) in [4.78, 5) is 28.3. The number of likely N-dealkylation sites (N-methyl/N-ethyl adjacent to an activating group) is 1. The Hall–Kier alpha value is -3.85. The number of nitrogens with zero attached hydrogens (tertiary/aromatic N) is 2. The number of carbonyl (C=O) groups is 2. The smallest absolute Gasteiger partial charge is 0.264 e. The van der Waals surface area contributed by atoms with Crippen molar-refractivity contribution in [3.8, 4) is 5.75 Å². The topological polar surface area (TPSA) is 96.0 Å². The van der Waals surface area contributed by atoms with Crippen LogP contribution in [-0.4, -0.2) is 51.4 Å². The third kappa shape index (κ3) is 6.89. The molecular formula is C28H33N3O5S. The third-order valence-electron chi connectivity index (χ3n) is 5.90. The summed E-state index contributed by atoms with van der Waals surface area (Å²) in [7, 11) is -2.58. The van der Waals surface area contributed by atoms with Gasteiger partial charge >= 0.3 is 0 Å². The van der Waals surface area contributed by atoms with Gasteiger partial charge in [-0.25, -0.2) is 8.42 Å². The molecule has 196 valence electrons. The summed E-state index contributed by atoms with van der Waals surface area (Å²) in [6, 6.07) is 23.0. The number of nitrogens with one attached hydrogen (secondary N) is 1. The zero-order valence-corrected chi connectivity index (χ0v) is 22.1. The number of anilines is 1. The van der Waals surface area contributed by atoms with Gasteiger partial charge in [-0.2, -0.15) is 0 Å². The van der Waals surface area contributed by atoms with Gasteiger partial charge in [-0.05, 0) is 55.3 Å². The third-order valence-corrected chi connectivity index (χ3v) is 7.69. The first-order valence-electron chi connectivity index (χ1n) is 12.1. The van der Waals surface area contributed by atoms with Crippen LogP contribution < -0.4 is 14.4 Å². The van der Waals surface area contributed by atoms with Gasteiger partial charge in [0.05, 0.1) is 17.7 Å². The number of sulfonamides is 1. The van der Waals surface area contributed by atoms with Crippen LogP contribution in [0, 0.1) is 0 Å². The van der Waals surface area contributed by atoms with Crippen LogP contribution in [0.4, 0.5) is 5.69 Å². The molecule has 0 bridgehead atoms. The van der Waals surface area contributed by atoms with Gasteiger partial charge < -0.3 is 15.0 Å². The summed E-state index contributed by atoms with van der Waals surface area (Å²) < 4.78 is 33.7. The first-order chi connectivity index (χ1) is 17.8. The minimum absolute atomic E-state index is 0.0593. The Balaban J connectivity index is 2.03. The highest BCUT2D eigenvalue weighted by molar-refractivity contribution is 7.92. The van der Waals surface area contributed by atoms with Crippen molar-refractivity contribution in [2.75, 3.05) is 24.5 Å². The van der Waals surface area contributed by atoms with Gasteiger partial charge in [0.2, 0.25) is 11.8 Å². The van der Waals surface area contributed by atoms with Crippen molar-refractivity contribution in [2.45, 2.75) is 37.8 Å². The van der Waals surface area contributed by atoms with E-state index in [2.05, 4.69) is 5.32 Å². The fourth-order valence-electron chi connectivity index (χ4n) is 3.99. The number of amides is 2. The van der Waals surface area contributed by atoms with E-state index in [1.54, 1.807) is 42.5 Å². The molecule has 0 aliphatic rings. The Morgan fingerprint density at radius 3 is 2.03 bits per heavy atom. The molecule has 3 aromatic rings. The summed E-state index contributed by atoms with van der Waals surface area (Å²) in [5, 5.41) is 2.79. The van der Waals surface area contributed by atoms with E-state index >= 15 is 0 Å². The number of rotatable bonds is 12. The lowest BCUT2D eigenvalue weighted by molar-refractivity contribution is -0.140. The molecule has 0 fully saturated rings. The molecule has 1 unspecified atom stereocenters. The molecule has 8 nitrogen and oxygen atoms in total. The molecular weight excluding hydrogens is 490 g/mol. The average molecular weight is 524 g/mol. The lowest BCUT2D eigenvalue weighted by Crippen LogP contribution is -2.52. The van der Waals surface area contributed by atoms with Crippen LogP contribution in [0.5, 0.6) is 5.75 Å². The zero-order valence-electron chi connectivity index (χ0n) is 21.3. The quantitative estimate of drug-likeness (QED) is 0.389. The molecule has 37 heavy (non-hydrogen) atoms. The molecule has 0 aliphatic heterocycles. The van der Waals surface area contributed by atoms with E-state index in [1.807, 2.05) is 44.2 Å². The second-order valence-corrected chi connectivity index (χ2v) is 10.2. The predicted octanol–water partition coefficient (Wildman–Crippen LogP) is 3.83. The molecule has 0 spiro atoms. The van der Waals surface area contributed by atoms with Crippen LogP contribution >= 0.6 is 0 Å². The second-order valence-electron chi connectivity index (χ2n) is 8.35. The van der Waals surface area contributed by atoms with E-state index in [9.17, 15) is 18.0 Å². The Morgan fingerprint density at radius 1 is 0.892 bits per heavy atom. The van der Waals surface area contributed by atoms with E-state index in [0.717, 1.165) is 9.87 Å². The maximum atomic E-state index is 13.9. The SMILES string of the molecule is CCNC(=O)C(CC)N(Cc1ccccc1)C(=O)CN(c1ccc(OC)cc1)S(=O)(=O)c1ccccc1. The number of hydrogen-bond donors (Lipinski definition) is 1. The summed E-state index contributed by atoms with van der Waals surface area (Å²) in [5.41, 5.74) is 1.14. The molecule has 1 N–H and O–H groups in total. The molecule has 0 heterocycles. The second kappa shape index (κ2) is 12.9. The molecule has 0 radical (unpaired) electrons. The molecule has 1 atom stereocenters. The van der Waals surface area contributed by atoms with E-state index in [0.29, 0.717) is 24.4 Å². The van der Waals surface area contributed by atoms with Gasteiger partial charge in [0.15, 0.2) is 0 Å². The van der Waals surface area contributed by atoms with Crippen LogP contribution in [0.25, 0.3) is 0 Å². The number of ether oxygens (including phenoxy) is 1. The molecule has 3 rings (SSSR count). The normalized spacial score (nSPS) is 11.9. The van der Waals surface area contributed by atoms with Crippen molar-refractivity contribution in [2.24, 2.45) is 0 Å². The Labute approximate surface area is 218 Å². The maximum absolute atomic E-state index is 13.9. The Kier molecular flexibility index (Phi) is 9.68. The van der Waals surface area contributed by atoms with Gasteiger partial charge in [0.25, 0.3) is 10.0 Å². The van der Waals surface area contributed by atoms with Crippen molar-refractivity contribution in [3.05, 3.63) is 90.5 Å². The first-order valence-corrected chi connectivity index (χ1v) is 13.6. The van der Waals surface area contributed by atoms with Crippen molar-refractivity contribution >= 4 is 27.5 Å². The van der Waals surface area contributed by atoms with Crippen LogP contribution in [0.15, 0.2) is 89.8 Å². The molecule has 2 amide bonds. The number of hydrogen-bond acceptors (Lipinski definition) is 5. The highest BCUT2D eigenvalue weighted by atomic mass is 32.2. The van der Waals surface area contributed by atoms with Crippen LogP contribution in [0.3, 0.4) is 0 Å². The predicted molar refractivity (Wildman–Crippen MR) is 144 cm³/mol. The standard InChI is InChI=1S/C28H33N3O5S/c1-4-26(28(33)29-5-2)30(20-22-12-8-6-9-13-22)27(32)21-31(23-16-18-24(36-3)19-17-23)37(34,35)25-14-10-7-11-15-25/h6-19,26H,4-5,20-21H2,1-3H3,(H,29,33). The van der Waals surface area contributed by atoms with Crippen molar-refractivity contribution in [3.63, 3.8) is 0 Å². The number of benzene rings is 3. The van der Waals surface area contributed by atoms with E-state index in [-0.39, 0.29) is 17.3 Å². The first kappa shape index (κ1) is 27.7. The largest absolute Gasteiger partial charge is 0.497 e. The van der Waals surface area contributed by atoms with Crippen molar-refractivity contribution in [1.29, 1.82) is 0 Å². The van der Waals surface area contributed by atoms with E-state index < -0.39 is 28.5 Å². The molecule has 0 saturated carbocycles. The highest BCUT2D eigenvalue weighted by Gasteiger charge is 2.33. The minimum atomic E-state index is -4.09. The summed E-state index contributed by atoms with van der Waals surface area (Å²) in [6.45, 7) is 3.74. The monoisotopic (exact) mass is 523 g/mol. The van der Waals surface area contributed by atoms with Gasteiger partial charge in [-0.3, -0.25) is 13.9 Å². The maximum Gasteiger partial charge on any atom is 0.264 e. The van der Waals surface area contributed by atoms with Gasteiger partial charge in [0.1, 0.15) is 18.3 Å². The van der Waals surface area contributed by atoms with E-state index in [1.165, 1.54) is 24.1 Å². The lowest BCUT2D eigenvalue weighted by Gasteiger charge is -2.33. The number of methoxy groups -OCH3 is 1. The molecule has 0 saturated heterocycles. The molecule has 0 aromatic heterocycles. The summed E-state index contributed by atoms with van der Waals surface area (Å²) in [5.74, 6) is -0.214. The van der Waals surface area contributed by atoms with Crippen LogP contribution in [0.1, 0.15) is 25.8 Å². The molecule has 9 heteroatoms. The van der Waals surface area contributed by atoms with Crippen molar-refractivity contribution in [1.82, 2.24) is 10.2 Å². The van der Waals surface area contributed by atoms with Gasteiger partial charge in [-0.1, -0.05) is 55.5 Å². The Bertz CT molecular complexity index is 1270. The molecule has 3 aromatic carbocycles. The number of carbonyl (C=O) groups excluding carboxylic acids is 2. The summed E-state index contributed by atoms with van der Waals surface area (Å²) >= 11 is 0. The van der Waals surface area contributed by atoms with Crippen molar-refractivity contribution < 1.29 is 22.7 Å². The lowest BCUT2D eigenvalue weighted by atomic mass is 10.1. The molecule has 0 aliphatic carbocycles.